The summed E-state index contributed by atoms with van der Waals surface area (Å²) in [5.74, 6) is -0.217. The number of benzene rings is 1. The molecule has 1 aromatic carbocycles. The van der Waals surface area contributed by atoms with E-state index in [4.69, 9.17) is 23.2 Å². The molecule has 0 radical (unpaired) electrons. The minimum atomic E-state index is -0.378. The van der Waals surface area contributed by atoms with Crippen molar-refractivity contribution in [1.29, 1.82) is 0 Å². The maximum Gasteiger partial charge on any atom is 0.282 e. The summed E-state index contributed by atoms with van der Waals surface area (Å²) in [4.78, 5) is 24.9. The monoisotopic (exact) mass is 344 g/mol. The molecule has 22 heavy (non-hydrogen) atoms. The third-order valence-corrected chi connectivity index (χ3v) is 4.25. The zero-order valence-corrected chi connectivity index (χ0v) is 14.1. The largest absolute Gasteiger partial charge is 0.348 e. The lowest BCUT2D eigenvalue weighted by atomic mass is 10.2. The summed E-state index contributed by atoms with van der Waals surface area (Å²) in [5.41, 5.74) is 0.512. The van der Waals surface area contributed by atoms with E-state index >= 15 is 0 Å². The second-order valence-corrected chi connectivity index (χ2v) is 6.54. The minimum absolute atomic E-state index is 0.0239. The van der Waals surface area contributed by atoms with E-state index in [1.807, 2.05) is 7.05 Å². The van der Waals surface area contributed by atoms with Crippen molar-refractivity contribution in [3.05, 3.63) is 28.2 Å². The Morgan fingerprint density at radius 1 is 1.36 bits per heavy atom. The third-order valence-electron chi connectivity index (χ3n) is 3.70. The Morgan fingerprint density at radius 3 is 2.64 bits per heavy atom. The molecule has 0 spiro atoms. The first-order valence-electron chi connectivity index (χ1n) is 7.24. The predicted octanol–water partition coefficient (Wildman–Crippen LogP) is 1.11. The number of anilines is 1. The fraction of sp³-hybridized carbons (Fsp3) is 0.467. The van der Waals surface area contributed by atoms with Gasteiger partial charge in [0.2, 0.25) is 0 Å². The lowest BCUT2D eigenvalue weighted by Gasteiger charge is -2.21. The van der Waals surface area contributed by atoms with Gasteiger partial charge in [-0.1, -0.05) is 23.2 Å². The molecule has 120 valence electrons. The van der Waals surface area contributed by atoms with Crippen LogP contribution in [0.15, 0.2) is 18.2 Å². The van der Waals surface area contributed by atoms with Gasteiger partial charge in [-0.15, -0.1) is 0 Å². The molecule has 2 rings (SSSR count). The van der Waals surface area contributed by atoms with E-state index in [0.717, 1.165) is 17.7 Å². The Balaban J connectivity index is 1.88. The van der Waals surface area contributed by atoms with E-state index in [-0.39, 0.29) is 24.4 Å². The number of hydrogen-bond donors (Lipinski definition) is 3. The molecule has 1 aliphatic carbocycles. The normalized spacial score (nSPS) is 16.7. The molecular weight excluding hydrogens is 325 g/mol. The second kappa shape index (κ2) is 7.31. The Kier molecular flexibility index (Phi) is 5.67. The van der Waals surface area contributed by atoms with Gasteiger partial charge in [0.15, 0.2) is 12.6 Å². The van der Waals surface area contributed by atoms with Gasteiger partial charge >= 0.3 is 0 Å². The van der Waals surface area contributed by atoms with Crippen molar-refractivity contribution < 1.29 is 14.5 Å². The van der Waals surface area contributed by atoms with Crippen LogP contribution in [0.25, 0.3) is 0 Å². The van der Waals surface area contributed by atoms with Crippen molar-refractivity contribution in [2.45, 2.75) is 31.8 Å². The summed E-state index contributed by atoms with van der Waals surface area (Å²) in [6.07, 6.45) is 2.10. The van der Waals surface area contributed by atoms with Crippen LogP contribution in [0.2, 0.25) is 10.0 Å². The lowest BCUT2D eigenvalue weighted by Crippen LogP contribution is -3.15. The summed E-state index contributed by atoms with van der Waals surface area (Å²) in [5, 5.41) is 6.57. The highest BCUT2D eigenvalue weighted by atomic mass is 35.5. The zero-order chi connectivity index (χ0) is 16.3. The predicted molar refractivity (Wildman–Crippen MR) is 87.5 cm³/mol. The highest BCUT2D eigenvalue weighted by Gasteiger charge is 2.28. The number of carbonyl (C=O) groups is 2. The topological polar surface area (TPSA) is 62.6 Å². The number of halogens is 2. The zero-order valence-electron chi connectivity index (χ0n) is 12.6. The average Bonchev–Trinajstić information content (AvgIpc) is 3.24. The van der Waals surface area contributed by atoms with Crippen LogP contribution < -0.4 is 15.5 Å². The summed E-state index contributed by atoms with van der Waals surface area (Å²) in [6.45, 7) is 2.04. The molecule has 3 N–H and O–H groups in total. The molecule has 0 heterocycles. The van der Waals surface area contributed by atoms with Gasteiger partial charge in [0.1, 0.15) is 0 Å². The molecule has 1 aliphatic rings. The van der Waals surface area contributed by atoms with Gasteiger partial charge in [-0.3, -0.25) is 9.59 Å². The Labute approximate surface area is 139 Å². The molecule has 7 heteroatoms. The molecule has 0 bridgehead atoms. The fourth-order valence-corrected chi connectivity index (χ4v) is 2.42. The van der Waals surface area contributed by atoms with Crippen LogP contribution in [-0.2, 0) is 9.59 Å². The quantitative estimate of drug-likeness (QED) is 0.723. The fourth-order valence-electron chi connectivity index (χ4n) is 1.97. The van der Waals surface area contributed by atoms with Crippen molar-refractivity contribution in [2.24, 2.45) is 0 Å². The molecule has 1 saturated carbocycles. The number of hydrogen-bond acceptors (Lipinski definition) is 2. The number of likely N-dealkylation sites (N-methyl/N-ethyl adjacent to an activating group) is 1. The van der Waals surface area contributed by atoms with Gasteiger partial charge in [-0.25, -0.2) is 0 Å². The van der Waals surface area contributed by atoms with Gasteiger partial charge in [-0.2, -0.15) is 0 Å². The highest BCUT2D eigenvalue weighted by molar-refractivity contribution is 6.36. The number of carbonyl (C=O) groups excluding carboxylic acids is 2. The van der Waals surface area contributed by atoms with Crippen molar-refractivity contribution >= 4 is 40.7 Å². The van der Waals surface area contributed by atoms with E-state index in [0.29, 0.717) is 21.8 Å². The van der Waals surface area contributed by atoms with Crippen LogP contribution >= 0.6 is 23.2 Å². The lowest BCUT2D eigenvalue weighted by molar-refractivity contribution is -0.885. The summed E-state index contributed by atoms with van der Waals surface area (Å²) >= 11 is 11.9. The first-order chi connectivity index (χ1) is 10.4. The van der Waals surface area contributed by atoms with Crippen LogP contribution in [0.1, 0.15) is 19.8 Å². The molecule has 2 amide bonds. The highest BCUT2D eigenvalue weighted by Crippen LogP contribution is 2.25. The van der Waals surface area contributed by atoms with Gasteiger partial charge < -0.3 is 15.5 Å². The van der Waals surface area contributed by atoms with E-state index in [9.17, 15) is 9.59 Å². The Morgan fingerprint density at radius 2 is 2.05 bits per heavy atom. The Bertz CT molecular complexity index is 576. The van der Waals surface area contributed by atoms with Gasteiger partial charge in [0, 0.05) is 11.1 Å². The number of amides is 2. The van der Waals surface area contributed by atoms with Crippen LogP contribution in [0.3, 0.4) is 0 Å². The van der Waals surface area contributed by atoms with Gasteiger partial charge in [0.05, 0.1) is 17.8 Å². The van der Waals surface area contributed by atoms with Crippen LogP contribution in [0.5, 0.6) is 0 Å². The molecule has 1 aromatic rings. The first-order valence-corrected chi connectivity index (χ1v) is 8.00. The second-order valence-electron chi connectivity index (χ2n) is 5.70. The summed E-state index contributed by atoms with van der Waals surface area (Å²) < 4.78 is 0. The van der Waals surface area contributed by atoms with Gasteiger partial charge in [0.25, 0.3) is 11.8 Å². The average molecular weight is 345 g/mol. The maximum absolute atomic E-state index is 12.3. The molecule has 0 aliphatic heterocycles. The van der Waals surface area contributed by atoms with E-state index in [1.54, 1.807) is 25.1 Å². The minimum Gasteiger partial charge on any atom is -0.348 e. The van der Waals surface area contributed by atoms with E-state index < -0.39 is 0 Å². The first kappa shape index (κ1) is 17.1. The number of quaternary nitrogens is 1. The molecule has 0 aromatic heterocycles. The summed E-state index contributed by atoms with van der Waals surface area (Å²) in [6, 6.07) is 4.84. The molecule has 2 atom stereocenters. The molecule has 1 fully saturated rings. The van der Waals surface area contributed by atoms with Crippen LogP contribution in [0.4, 0.5) is 5.69 Å². The smallest absolute Gasteiger partial charge is 0.282 e. The van der Waals surface area contributed by atoms with E-state index in [1.165, 1.54) is 0 Å². The van der Waals surface area contributed by atoms with Crippen LogP contribution in [-0.4, -0.2) is 37.5 Å². The summed E-state index contributed by atoms with van der Waals surface area (Å²) in [7, 11) is 1.82. The van der Waals surface area contributed by atoms with Gasteiger partial charge in [-0.05, 0) is 38.0 Å². The standard InChI is InChI=1S/C15H19Cl2N3O2/c1-9(20(2)8-14(21)18-11-4-5-11)15(22)19-13-6-3-10(16)7-12(13)17/h3,6-7,9,11H,4-5,8H2,1-2H3,(H,18,21)(H,19,22)/p+1/t9-/m0/s1. The van der Waals surface area contributed by atoms with Crippen molar-refractivity contribution in [3.8, 4) is 0 Å². The van der Waals surface area contributed by atoms with E-state index in [2.05, 4.69) is 10.6 Å². The van der Waals surface area contributed by atoms with Crippen LogP contribution in [0, 0.1) is 0 Å². The number of nitrogens with one attached hydrogen (secondary N) is 3. The Hall–Kier alpha value is -1.30. The molecular formula is C15H20Cl2N3O2+. The third kappa shape index (κ3) is 4.87. The SMILES string of the molecule is C[C@@H](C(=O)Nc1ccc(Cl)cc1Cl)[NH+](C)CC(=O)NC1CC1. The molecule has 0 saturated heterocycles. The maximum atomic E-state index is 12.3. The number of rotatable bonds is 6. The molecule has 1 unspecified atom stereocenters. The van der Waals surface area contributed by atoms with Crippen molar-refractivity contribution in [1.82, 2.24) is 5.32 Å². The van der Waals surface area contributed by atoms with Crippen molar-refractivity contribution in [2.75, 3.05) is 18.9 Å². The van der Waals surface area contributed by atoms with Crippen molar-refractivity contribution in [3.63, 3.8) is 0 Å². The molecule has 5 nitrogen and oxygen atoms in total.